The second-order valence-corrected chi connectivity index (χ2v) is 9.33. The Morgan fingerprint density at radius 1 is 1.23 bits per heavy atom. The molecule has 2 amide bonds. The number of nitrogens with one attached hydrogen (secondary N) is 1. The van der Waals surface area contributed by atoms with E-state index in [4.69, 9.17) is 9.47 Å². The molecule has 0 bridgehead atoms. The van der Waals surface area contributed by atoms with Crippen LogP contribution in [0.2, 0.25) is 0 Å². The van der Waals surface area contributed by atoms with Gasteiger partial charge in [-0.25, -0.2) is 0 Å². The number of nitrogens with zero attached hydrogens (tertiary/aromatic N) is 2. The lowest BCUT2D eigenvalue weighted by molar-refractivity contribution is -0.125. The Hall–Kier alpha value is -1.77. The van der Waals surface area contributed by atoms with Crippen molar-refractivity contribution in [2.45, 2.75) is 31.7 Å². The molecule has 8 heteroatoms. The molecule has 30 heavy (non-hydrogen) atoms. The van der Waals surface area contributed by atoms with Crippen LogP contribution in [-0.2, 0) is 9.53 Å². The number of morpholine rings is 1. The van der Waals surface area contributed by atoms with Crippen molar-refractivity contribution in [3.05, 3.63) is 29.8 Å². The highest BCUT2D eigenvalue weighted by atomic mass is 32.2. The van der Waals surface area contributed by atoms with Crippen molar-refractivity contribution in [2.24, 2.45) is 5.92 Å². The van der Waals surface area contributed by atoms with Gasteiger partial charge in [-0.1, -0.05) is 13.8 Å². The molecule has 0 radical (unpaired) electrons. The molecule has 2 unspecified atom stereocenters. The maximum atomic E-state index is 13.3. The summed E-state index contributed by atoms with van der Waals surface area (Å²) in [5, 5.41) is 3.06. The zero-order chi connectivity index (χ0) is 21.5. The van der Waals surface area contributed by atoms with Crippen LogP contribution in [0, 0.1) is 5.92 Å². The van der Waals surface area contributed by atoms with Crippen LogP contribution in [-0.4, -0.2) is 85.3 Å². The van der Waals surface area contributed by atoms with Gasteiger partial charge >= 0.3 is 0 Å². The Morgan fingerprint density at radius 2 is 1.93 bits per heavy atom. The van der Waals surface area contributed by atoms with E-state index in [9.17, 15) is 9.59 Å². The number of hydrogen-bond donors (Lipinski definition) is 1. The molecule has 0 spiro atoms. The highest BCUT2D eigenvalue weighted by molar-refractivity contribution is 8.00. The number of benzene rings is 1. The van der Waals surface area contributed by atoms with Gasteiger partial charge in [0.25, 0.3) is 5.91 Å². The van der Waals surface area contributed by atoms with E-state index in [1.165, 1.54) is 0 Å². The first-order chi connectivity index (χ1) is 14.5. The predicted octanol–water partition coefficient (Wildman–Crippen LogP) is 2.07. The van der Waals surface area contributed by atoms with Gasteiger partial charge in [0, 0.05) is 37.5 Å². The van der Waals surface area contributed by atoms with Crippen molar-refractivity contribution in [3.8, 4) is 5.75 Å². The zero-order valence-corrected chi connectivity index (χ0v) is 19.0. The number of thioether (sulfide) groups is 1. The fraction of sp³-hybridized carbons (Fsp3) is 0.636. The molecule has 7 nitrogen and oxygen atoms in total. The van der Waals surface area contributed by atoms with E-state index in [0.717, 1.165) is 39.3 Å². The van der Waals surface area contributed by atoms with Gasteiger partial charge in [0.1, 0.15) is 11.8 Å². The minimum Gasteiger partial charge on any atom is -0.497 e. The Balaban J connectivity index is 1.66. The number of carbonyl (C=O) groups excluding carboxylic acids is 2. The first kappa shape index (κ1) is 22.9. The standard InChI is InChI=1S/C22H33N3O4S/c1-16(2)14-20-25(22(27)17-4-6-18(28-3)7-5-17)19(15-30-20)21(26)23-8-9-24-10-12-29-13-11-24/h4-7,16,19-20H,8-15H2,1-3H3,(H,23,26). The van der Waals surface area contributed by atoms with Gasteiger partial charge in [-0.2, -0.15) is 0 Å². The van der Waals surface area contributed by atoms with Crippen molar-refractivity contribution in [3.63, 3.8) is 0 Å². The predicted molar refractivity (Wildman–Crippen MR) is 119 cm³/mol. The van der Waals surface area contributed by atoms with Crippen LogP contribution in [0.5, 0.6) is 5.75 Å². The fourth-order valence-corrected chi connectivity index (χ4v) is 5.43. The summed E-state index contributed by atoms with van der Waals surface area (Å²) in [7, 11) is 1.60. The summed E-state index contributed by atoms with van der Waals surface area (Å²) in [6.45, 7) is 8.96. The minimum absolute atomic E-state index is 0.00888. The van der Waals surface area contributed by atoms with Crippen molar-refractivity contribution in [1.82, 2.24) is 15.1 Å². The first-order valence-corrected chi connectivity index (χ1v) is 11.7. The summed E-state index contributed by atoms with van der Waals surface area (Å²) in [4.78, 5) is 30.4. The van der Waals surface area contributed by atoms with Crippen molar-refractivity contribution in [1.29, 1.82) is 0 Å². The van der Waals surface area contributed by atoms with Gasteiger partial charge in [-0.15, -0.1) is 11.8 Å². The molecule has 0 aliphatic carbocycles. The number of methoxy groups -OCH3 is 1. The number of amides is 2. The molecule has 2 atom stereocenters. The molecule has 1 aromatic carbocycles. The number of rotatable bonds is 8. The molecule has 166 valence electrons. The third-order valence-corrected chi connectivity index (χ3v) is 6.78. The van der Waals surface area contributed by atoms with Gasteiger partial charge in [-0.3, -0.25) is 14.5 Å². The summed E-state index contributed by atoms with van der Waals surface area (Å²) >= 11 is 1.70. The Kier molecular flexibility index (Phi) is 8.41. The SMILES string of the molecule is COc1ccc(C(=O)N2C(CC(C)C)SCC2C(=O)NCCN2CCOCC2)cc1. The summed E-state index contributed by atoms with van der Waals surface area (Å²) in [5.41, 5.74) is 0.582. The maximum Gasteiger partial charge on any atom is 0.255 e. The van der Waals surface area contributed by atoms with Crippen LogP contribution in [0.15, 0.2) is 24.3 Å². The van der Waals surface area contributed by atoms with Gasteiger partial charge in [-0.05, 0) is 36.6 Å². The Morgan fingerprint density at radius 3 is 2.57 bits per heavy atom. The van der Waals surface area contributed by atoms with Gasteiger partial charge in [0.2, 0.25) is 5.91 Å². The van der Waals surface area contributed by atoms with Crippen LogP contribution in [0.3, 0.4) is 0 Å². The molecule has 0 saturated carbocycles. The molecule has 2 aliphatic heterocycles. The average Bonchev–Trinajstić information content (AvgIpc) is 3.17. The molecule has 0 aromatic heterocycles. The van der Waals surface area contributed by atoms with Crippen LogP contribution in [0.25, 0.3) is 0 Å². The molecule has 2 saturated heterocycles. The van der Waals surface area contributed by atoms with Crippen LogP contribution < -0.4 is 10.1 Å². The summed E-state index contributed by atoms with van der Waals surface area (Å²) < 4.78 is 10.6. The van der Waals surface area contributed by atoms with E-state index < -0.39 is 6.04 Å². The Bertz CT molecular complexity index is 707. The molecule has 1 aromatic rings. The van der Waals surface area contributed by atoms with E-state index >= 15 is 0 Å². The van der Waals surface area contributed by atoms with Crippen LogP contribution in [0.1, 0.15) is 30.6 Å². The largest absolute Gasteiger partial charge is 0.497 e. The smallest absolute Gasteiger partial charge is 0.255 e. The summed E-state index contributed by atoms with van der Waals surface area (Å²) in [6.07, 6.45) is 0.865. The normalized spacial score (nSPS) is 22.3. The van der Waals surface area contributed by atoms with Gasteiger partial charge in [0.05, 0.1) is 25.7 Å². The summed E-state index contributed by atoms with van der Waals surface area (Å²) in [5.74, 6) is 1.61. The van der Waals surface area contributed by atoms with E-state index in [1.54, 1.807) is 48.0 Å². The second kappa shape index (κ2) is 11.0. The van der Waals surface area contributed by atoms with Crippen molar-refractivity contribution < 1.29 is 19.1 Å². The van der Waals surface area contributed by atoms with Crippen LogP contribution in [0.4, 0.5) is 0 Å². The summed E-state index contributed by atoms with van der Waals surface area (Å²) in [6, 6.07) is 6.66. The van der Waals surface area contributed by atoms with E-state index in [-0.39, 0.29) is 17.2 Å². The van der Waals surface area contributed by atoms with Gasteiger partial charge < -0.3 is 19.7 Å². The topological polar surface area (TPSA) is 71.1 Å². The molecule has 3 rings (SSSR count). The average molecular weight is 436 g/mol. The quantitative estimate of drug-likeness (QED) is 0.674. The fourth-order valence-electron chi connectivity index (χ4n) is 3.79. The molecule has 2 aliphatic rings. The van der Waals surface area contributed by atoms with Crippen molar-refractivity contribution >= 4 is 23.6 Å². The number of carbonyl (C=O) groups is 2. The lowest BCUT2D eigenvalue weighted by Crippen LogP contribution is -2.51. The monoisotopic (exact) mass is 435 g/mol. The third kappa shape index (κ3) is 5.89. The zero-order valence-electron chi connectivity index (χ0n) is 18.1. The van der Waals surface area contributed by atoms with Gasteiger partial charge in [0.15, 0.2) is 0 Å². The maximum absolute atomic E-state index is 13.3. The minimum atomic E-state index is -0.446. The highest BCUT2D eigenvalue weighted by Gasteiger charge is 2.41. The number of ether oxygens (including phenoxy) is 2. The molecule has 2 heterocycles. The third-order valence-electron chi connectivity index (χ3n) is 5.47. The van der Waals surface area contributed by atoms with E-state index in [0.29, 0.717) is 29.5 Å². The molecule has 2 fully saturated rings. The number of hydrogen-bond acceptors (Lipinski definition) is 6. The van der Waals surface area contributed by atoms with Crippen molar-refractivity contribution in [2.75, 3.05) is 52.3 Å². The second-order valence-electron chi connectivity index (χ2n) is 8.12. The van der Waals surface area contributed by atoms with Crippen LogP contribution >= 0.6 is 11.8 Å². The first-order valence-electron chi connectivity index (χ1n) is 10.7. The lowest BCUT2D eigenvalue weighted by atomic mass is 10.1. The Labute approximate surface area is 183 Å². The van der Waals surface area contributed by atoms with E-state index in [2.05, 4.69) is 24.1 Å². The molecule has 1 N–H and O–H groups in total. The molecular weight excluding hydrogens is 402 g/mol. The highest BCUT2D eigenvalue weighted by Crippen LogP contribution is 2.35. The lowest BCUT2D eigenvalue weighted by Gasteiger charge is -2.30. The molecular formula is C22H33N3O4S. The van der Waals surface area contributed by atoms with E-state index in [1.807, 2.05) is 0 Å².